The second-order valence-corrected chi connectivity index (χ2v) is 3.81. The van der Waals surface area contributed by atoms with E-state index in [-0.39, 0.29) is 12.1 Å². The normalized spacial score (nSPS) is 12.9. The molecule has 0 aliphatic rings. The van der Waals surface area contributed by atoms with Crippen LogP contribution in [-0.4, -0.2) is 34.8 Å². The van der Waals surface area contributed by atoms with Crippen LogP contribution < -0.4 is 5.32 Å². The molecule has 0 saturated heterocycles. The van der Waals surface area contributed by atoms with Crippen molar-refractivity contribution in [2.24, 2.45) is 0 Å². The molecule has 1 rings (SSSR count). The van der Waals surface area contributed by atoms with Gasteiger partial charge in [-0.15, -0.1) is 0 Å². The van der Waals surface area contributed by atoms with Gasteiger partial charge in [-0.05, 0) is 6.07 Å². The van der Waals surface area contributed by atoms with E-state index >= 15 is 0 Å². The molecule has 2 N–H and O–H groups in total. The fraction of sp³-hybridized carbons (Fsp3) is 0.300. The molecular formula is C10H7F5N2O4. The first-order valence-electron chi connectivity index (χ1n) is 5.20. The predicted molar refractivity (Wildman–Crippen MR) is 57.4 cm³/mol. The summed E-state index contributed by atoms with van der Waals surface area (Å²) < 4.78 is 62.6. The lowest BCUT2D eigenvalue weighted by Gasteiger charge is -2.15. The summed E-state index contributed by atoms with van der Waals surface area (Å²) >= 11 is 0. The lowest BCUT2D eigenvalue weighted by atomic mass is 10.1. The Morgan fingerprint density at radius 1 is 1.38 bits per heavy atom. The van der Waals surface area contributed by atoms with Gasteiger partial charge in [-0.2, -0.15) is 17.6 Å². The van der Waals surface area contributed by atoms with Crippen molar-refractivity contribution >= 4 is 11.6 Å². The Labute approximate surface area is 113 Å². The van der Waals surface area contributed by atoms with E-state index in [1.165, 1.54) is 5.32 Å². The Balaban J connectivity index is 2.96. The maximum atomic E-state index is 13.6. The molecule has 21 heavy (non-hydrogen) atoms. The van der Waals surface area contributed by atoms with Crippen molar-refractivity contribution in [1.29, 1.82) is 0 Å². The highest BCUT2D eigenvalue weighted by Gasteiger charge is 2.38. The Hall–Kier alpha value is -2.30. The number of halogens is 5. The third kappa shape index (κ3) is 4.08. The molecule has 1 aromatic carbocycles. The number of nitrogens with zero attached hydrogens (tertiary/aromatic N) is 1. The molecule has 0 bridgehead atoms. The average molecular weight is 314 g/mol. The topological polar surface area (TPSA) is 92.5 Å². The van der Waals surface area contributed by atoms with Gasteiger partial charge in [0.15, 0.2) is 6.10 Å². The highest BCUT2D eigenvalue weighted by molar-refractivity contribution is 5.95. The monoisotopic (exact) mass is 314 g/mol. The molecule has 1 aromatic rings. The molecule has 0 saturated carbocycles. The summed E-state index contributed by atoms with van der Waals surface area (Å²) in [5.74, 6) is -4.54. The van der Waals surface area contributed by atoms with E-state index in [4.69, 9.17) is 5.11 Å². The average Bonchev–Trinajstić information content (AvgIpc) is 2.36. The van der Waals surface area contributed by atoms with Crippen LogP contribution in [0.4, 0.5) is 27.6 Å². The number of alkyl halides is 3. The van der Waals surface area contributed by atoms with Gasteiger partial charge in [-0.1, -0.05) is 0 Å². The second-order valence-electron chi connectivity index (χ2n) is 3.81. The molecule has 11 heteroatoms. The zero-order valence-electron chi connectivity index (χ0n) is 9.95. The van der Waals surface area contributed by atoms with E-state index in [2.05, 4.69) is 0 Å². The molecule has 0 aromatic heterocycles. The minimum atomic E-state index is -5.01. The molecular weight excluding hydrogens is 307 g/mol. The minimum absolute atomic E-state index is 0.219. The van der Waals surface area contributed by atoms with Crippen molar-refractivity contribution in [2.75, 3.05) is 6.54 Å². The van der Waals surface area contributed by atoms with Gasteiger partial charge >= 0.3 is 11.9 Å². The van der Waals surface area contributed by atoms with Crippen LogP contribution in [0.5, 0.6) is 0 Å². The maximum Gasteiger partial charge on any atom is 0.416 e. The molecule has 1 atom stereocenters. The number of benzene rings is 1. The zero-order chi connectivity index (χ0) is 16.4. The number of rotatable bonds is 4. The summed E-state index contributed by atoms with van der Waals surface area (Å²) in [6, 6.07) is 0.508. The Kier molecular flexibility index (Phi) is 4.78. The van der Waals surface area contributed by atoms with Crippen molar-refractivity contribution < 1.29 is 36.8 Å². The predicted octanol–water partition coefficient (Wildman–Crippen LogP) is 1.53. The Morgan fingerprint density at radius 3 is 2.43 bits per heavy atom. The number of aliphatic hydroxyl groups is 1. The van der Waals surface area contributed by atoms with Crippen molar-refractivity contribution in [2.45, 2.75) is 12.3 Å². The summed E-state index contributed by atoms with van der Waals surface area (Å²) in [7, 11) is 0. The number of nitro benzene ring substituents is 1. The zero-order valence-corrected chi connectivity index (χ0v) is 9.95. The van der Waals surface area contributed by atoms with Crippen molar-refractivity contribution in [3.05, 3.63) is 39.4 Å². The van der Waals surface area contributed by atoms with Crippen LogP contribution in [0.2, 0.25) is 0 Å². The lowest BCUT2D eigenvalue weighted by Crippen LogP contribution is -2.40. The minimum Gasteiger partial charge on any atom is -0.382 e. The number of amides is 1. The van der Waals surface area contributed by atoms with Crippen LogP contribution in [0, 0.1) is 21.7 Å². The van der Waals surface area contributed by atoms with Gasteiger partial charge in [0.25, 0.3) is 5.91 Å². The molecule has 6 nitrogen and oxygen atoms in total. The molecule has 0 radical (unpaired) electrons. The highest BCUT2D eigenvalue weighted by atomic mass is 19.4. The smallest absolute Gasteiger partial charge is 0.382 e. The first-order chi connectivity index (χ1) is 9.54. The quantitative estimate of drug-likeness (QED) is 0.501. The van der Waals surface area contributed by atoms with Crippen molar-refractivity contribution in [3.63, 3.8) is 0 Å². The van der Waals surface area contributed by atoms with E-state index in [0.29, 0.717) is 0 Å². The fourth-order valence-corrected chi connectivity index (χ4v) is 1.27. The third-order valence-corrected chi connectivity index (χ3v) is 2.29. The van der Waals surface area contributed by atoms with Gasteiger partial charge < -0.3 is 10.4 Å². The number of carbonyl (C=O) groups excluding carboxylic acids is 1. The molecule has 0 aliphatic heterocycles. The highest BCUT2D eigenvalue weighted by Crippen LogP contribution is 2.23. The third-order valence-electron chi connectivity index (χ3n) is 2.29. The van der Waals surface area contributed by atoms with Gasteiger partial charge in [0, 0.05) is 0 Å². The number of nitrogens with one attached hydrogen (secondary N) is 1. The first-order valence-corrected chi connectivity index (χ1v) is 5.20. The van der Waals surface area contributed by atoms with Crippen LogP contribution in [0.15, 0.2) is 12.1 Å². The van der Waals surface area contributed by atoms with Crippen LogP contribution in [0.1, 0.15) is 10.4 Å². The summed E-state index contributed by atoms with van der Waals surface area (Å²) in [6.07, 6.45) is -7.92. The number of hydrogen-bond acceptors (Lipinski definition) is 4. The number of nitro groups is 1. The molecule has 0 heterocycles. The van der Waals surface area contributed by atoms with Gasteiger partial charge in [0.05, 0.1) is 23.1 Å². The van der Waals surface area contributed by atoms with Crippen LogP contribution in [-0.2, 0) is 0 Å². The van der Waals surface area contributed by atoms with Crippen molar-refractivity contribution in [1.82, 2.24) is 5.32 Å². The van der Waals surface area contributed by atoms with E-state index < -0.39 is 52.5 Å². The van der Waals surface area contributed by atoms with Crippen molar-refractivity contribution in [3.8, 4) is 0 Å². The molecule has 0 aliphatic carbocycles. The summed E-state index contributed by atoms with van der Waals surface area (Å²) in [5, 5.41) is 20.6. The fourth-order valence-electron chi connectivity index (χ4n) is 1.27. The molecule has 116 valence electrons. The maximum absolute atomic E-state index is 13.6. The second kappa shape index (κ2) is 5.99. The van der Waals surface area contributed by atoms with E-state index in [9.17, 15) is 36.9 Å². The molecule has 1 amide bonds. The van der Waals surface area contributed by atoms with E-state index in [0.717, 1.165) is 0 Å². The van der Waals surface area contributed by atoms with Gasteiger partial charge in [-0.25, -0.2) is 4.39 Å². The SMILES string of the molecule is O=C(NCC(O)C(F)(F)F)c1cc(F)cc([N+](=O)[O-])c1F. The van der Waals surface area contributed by atoms with E-state index in [1.807, 2.05) is 0 Å². The number of carbonyl (C=O) groups is 1. The van der Waals surface area contributed by atoms with E-state index in [1.54, 1.807) is 0 Å². The lowest BCUT2D eigenvalue weighted by molar-refractivity contribution is -0.387. The standard InChI is InChI=1S/C10H7F5N2O4/c11-4-1-5(8(12)6(2-4)17(20)21)9(19)16-3-7(18)10(13,14)15/h1-2,7,18H,3H2,(H,16,19). The number of aliphatic hydroxyl groups excluding tert-OH is 1. The number of hydrogen-bond donors (Lipinski definition) is 2. The van der Waals surface area contributed by atoms with Gasteiger partial charge in [-0.3, -0.25) is 14.9 Å². The molecule has 1 unspecified atom stereocenters. The van der Waals surface area contributed by atoms with Crippen LogP contribution in [0.3, 0.4) is 0 Å². The summed E-state index contributed by atoms with van der Waals surface area (Å²) in [5.41, 5.74) is -2.48. The van der Waals surface area contributed by atoms with Gasteiger partial charge in [0.2, 0.25) is 5.82 Å². The van der Waals surface area contributed by atoms with Crippen LogP contribution >= 0.6 is 0 Å². The Bertz CT molecular complexity index is 575. The van der Waals surface area contributed by atoms with Crippen LogP contribution in [0.25, 0.3) is 0 Å². The summed E-state index contributed by atoms with van der Waals surface area (Å²) in [4.78, 5) is 20.5. The molecule has 0 fully saturated rings. The summed E-state index contributed by atoms with van der Waals surface area (Å²) in [6.45, 7) is -1.31. The first kappa shape index (κ1) is 16.8. The van der Waals surface area contributed by atoms with Gasteiger partial charge in [0.1, 0.15) is 5.82 Å². The molecule has 0 spiro atoms. The Morgan fingerprint density at radius 2 is 1.95 bits per heavy atom. The largest absolute Gasteiger partial charge is 0.416 e.